The summed E-state index contributed by atoms with van der Waals surface area (Å²) in [5, 5.41) is 16.0. The summed E-state index contributed by atoms with van der Waals surface area (Å²) in [5.74, 6) is -0.410. The fourth-order valence-corrected chi connectivity index (χ4v) is 3.63. The van der Waals surface area contributed by atoms with Gasteiger partial charge in [0.1, 0.15) is 34.6 Å². The largest absolute Gasteiger partial charge is 0.497 e. The number of aliphatic hydroxyl groups excluding tert-OH is 1. The Morgan fingerprint density at radius 1 is 1.11 bits per heavy atom. The van der Waals surface area contributed by atoms with E-state index in [9.17, 15) is 27.9 Å². The maximum Gasteiger partial charge on any atom is 0.420 e. The third kappa shape index (κ3) is 5.86. The number of amides is 1. The van der Waals surface area contributed by atoms with Gasteiger partial charge in [0.2, 0.25) is 11.5 Å². The Hall–Kier alpha value is -3.83. The summed E-state index contributed by atoms with van der Waals surface area (Å²) >= 11 is 0. The van der Waals surface area contributed by atoms with Crippen LogP contribution in [0, 0.1) is 0 Å². The zero-order valence-corrected chi connectivity index (χ0v) is 19.2. The number of carbonyl (C=O) groups is 1. The van der Waals surface area contributed by atoms with Gasteiger partial charge >= 0.3 is 6.18 Å². The molecule has 190 valence electrons. The van der Waals surface area contributed by atoms with Gasteiger partial charge in [-0.25, -0.2) is 0 Å². The minimum Gasteiger partial charge on any atom is -0.497 e. The van der Waals surface area contributed by atoms with Gasteiger partial charge in [0.05, 0.1) is 12.8 Å². The normalized spacial score (nSPS) is 15.1. The van der Waals surface area contributed by atoms with Gasteiger partial charge in [-0.15, -0.1) is 0 Å². The molecule has 8 nitrogen and oxygen atoms in total. The molecule has 1 unspecified atom stereocenters. The van der Waals surface area contributed by atoms with Crippen molar-refractivity contribution in [2.75, 3.05) is 7.11 Å². The highest BCUT2D eigenvalue weighted by atomic mass is 19.4. The number of ether oxygens (including phenoxy) is 2. The lowest BCUT2D eigenvalue weighted by Gasteiger charge is -2.21. The number of methoxy groups -OCH3 is 1. The number of hydrogen-bond acceptors (Lipinski definition) is 6. The van der Waals surface area contributed by atoms with Crippen LogP contribution < -0.4 is 25.7 Å². The van der Waals surface area contributed by atoms with Crippen molar-refractivity contribution in [3.05, 3.63) is 87.8 Å². The van der Waals surface area contributed by atoms with E-state index in [1.54, 1.807) is 18.2 Å². The second-order valence-corrected chi connectivity index (χ2v) is 8.39. The molecule has 1 heterocycles. The van der Waals surface area contributed by atoms with Crippen LogP contribution >= 0.6 is 0 Å². The number of pyridine rings is 1. The molecule has 2 aromatic carbocycles. The van der Waals surface area contributed by atoms with Crippen LogP contribution in [0.1, 0.15) is 35.9 Å². The van der Waals surface area contributed by atoms with Crippen LogP contribution in [-0.2, 0) is 17.5 Å². The third-order valence-electron chi connectivity index (χ3n) is 5.78. The first kappa shape index (κ1) is 25.3. The van der Waals surface area contributed by atoms with Crippen molar-refractivity contribution in [3.63, 3.8) is 0 Å². The molecule has 4 rings (SSSR count). The molecule has 0 radical (unpaired) electrons. The molecule has 0 spiro atoms. The number of aromatic amines is 1. The minimum atomic E-state index is -4.62. The van der Waals surface area contributed by atoms with E-state index in [0.29, 0.717) is 18.4 Å². The Balaban J connectivity index is 1.36. The second-order valence-electron chi connectivity index (χ2n) is 8.39. The van der Waals surface area contributed by atoms with E-state index >= 15 is 0 Å². The quantitative estimate of drug-likeness (QED) is 0.332. The van der Waals surface area contributed by atoms with E-state index in [4.69, 9.17) is 9.47 Å². The second kappa shape index (κ2) is 10.0. The van der Waals surface area contributed by atoms with Gasteiger partial charge in [0.15, 0.2) is 0 Å². The van der Waals surface area contributed by atoms with Crippen LogP contribution in [0.25, 0.3) is 0 Å². The van der Waals surface area contributed by atoms with Crippen molar-refractivity contribution >= 4 is 5.91 Å². The van der Waals surface area contributed by atoms with Crippen molar-refractivity contribution < 1.29 is 32.5 Å². The molecule has 1 amide bonds. The predicted molar refractivity (Wildman–Crippen MR) is 123 cm³/mol. The molecule has 1 fully saturated rings. The van der Waals surface area contributed by atoms with E-state index in [-0.39, 0.29) is 41.0 Å². The fraction of sp³-hybridized carbons (Fsp3) is 0.280. The number of carbonyl (C=O) groups excluding carboxylic acids is 1. The summed E-state index contributed by atoms with van der Waals surface area (Å²) < 4.78 is 50.5. The smallest absolute Gasteiger partial charge is 0.420 e. The zero-order valence-electron chi connectivity index (χ0n) is 19.2. The van der Waals surface area contributed by atoms with Crippen LogP contribution in [0.4, 0.5) is 13.2 Å². The monoisotopic (exact) mass is 503 g/mol. The summed E-state index contributed by atoms with van der Waals surface area (Å²) in [7, 11) is 1.28. The summed E-state index contributed by atoms with van der Waals surface area (Å²) in [6, 6.07) is 14.1. The van der Waals surface area contributed by atoms with Crippen LogP contribution in [-0.4, -0.2) is 28.6 Å². The SMILES string of the molecule is COc1ccc(Oc2ccc(CNC(=O)C3(NC(O)c4cccc(=O)[nH]4)CC3)cc2)c(C(F)(F)F)c1. The highest BCUT2D eigenvalue weighted by molar-refractivity contribution is 5.89. The number of aliphatic hydroxyl groups is 1. The lowest BCUT2D eigenvalue weighted by atomic mass is 10.1. The first-order valence-electron chi connectivity index (χ1n) is 11.0. The molecule has 4 N–H and O–H groups in total. The summed E-state index contributed by atoms with van der Waals surface area (Å²) in [4.78, 5) is 26.7. The zero-order chi connectivity index (χ0) is 25.9. The standard InChI is InChI=1S/C25H24F3N3O5/c1-35-17-9-10-20(18(13-17)25(26,27)28)36-16-7-5-15(6-8-16)14-29-23(34)24(11-12-24)31-22(33)19-3-2-4-21(32)30-19/h2-10,13,22,31,33H,11-12,14H2,1H3,(H,29,34)(H,30,32). The Labute approximate surface area is 204 Å². The highest BCUT2D eigenvalue weighted by Crippen LogP contribution is 2.40. The number of nitrogens with one attached hydrogen (secondary N) is 3. The van der Waals surface area contributed by atoms with Crippen molar-refractivity contribution in [1.82, 2.24) is 15.6 Å². The lowest BCUT2D eigenvalue weighted by molar-refractivity contribution is -0.138. The lowest BCUT2D eigenvalue weighted by Crippen LogP contribution is -2.48. The minimum absolute atomic E-state index is 0.0632. The van der Waals surface area contributed by atoms with Crippen molar-refractivity contribution in [2.45, 2.75) is 37.3 Å². The molecular weight excluding hydrogens is 479 g/mol. The summed E-state index contributed by atoms with van der Waals surface area (Å²) in [5.41, 5.74) is -1.32. The van der Waals surface area contributed by atoms with Crippen molar-refractivity contribution in [1.29, 1.82) is 0 Å². The van der Waals surface area contributed by atoms with Crippen LogP contribution in [0.15, 0.2) is 65.5 Å². The maximum atomic E-state index is 13.4. The van der Waals surface area contributed by atoms with E-state index in [1.165, 1.54) is 43.5 Å². The van der Waals surface area contributed by atoms with Crippen LogP contribution in [0.5, 0.6) is 17.2 Å². The Bertz CT molecular complexity index is 1290. The number of H-pyrrole nitrogens is 1. The fourth-order valence-electron chi connectivity index (χ4n) is 3.63. The topological polar surface area (TPSA) is 113 Å². The predicted octanol–water partition coefficient (Wildman–Crippen LogP) is 3.62. The van der Waals surface area contributed by atoms with Crippen LogP contribution in [0.3, 0.4) is 0 Å². The van der Waals surface area contributed by atoms with Gasteiger partial charge in [0.25, 0.3) is 0 Å². The molecule has 0 aliphatic heterocycles. The number of aromatic nitrogens is 1. The first-order valence-corrected chi connectivity index (χ1v) is 11.0. The van der Waals surface area contributed by atoms with E-state index in [2.05, 4.69) is 15.6 Å². The van der Waals surface area contributed by atoms with E-state index in [0.717, 1.165) is 6.07 Å². The molecule has 0 bridgehead atoms. The molecular formula is C25H24F3N3O5. The molecule has 1 aromatic heterocycles. The van der Waals surface area contributed by atoms with Gasteiger partial charge in [0, 0.05) is 12.6 Å². The van der Waals surface area contributed by atoms with Gasteiger partial charge in [-0.2, -0.15) is 13.2 Å². The molecule has 11 heteroatoms. The summed E-state index contributed by atoms with van der Waals surface area (Å²) in [6.45, 7) is 0.164. The average molecular weight is 503 g/mol. The number of hydrogen-bond donors (Lipinski definition) is 4. The van der Waals surface area contributed by atoms with Gasteiger partial charge < -0.3 is 24.9 Å². The highest BCUT2D eigenvalue weighted by Gasteiger charge is 2.51. The molecule has 1 saturated carbocycles. The van der Waals surface area contributed by atoms with E-state index < -0.39 is 23.5 Å². The Morgan fingerprint density at radius 2 is 1.81 bits per heavy atom. The maximum absolute atomic E-state index is 13.4. The average Bonchev–Trinajstić information content (AvgIpc) is 3.63. The summed E-state index contributed by atoms with van der Waals surface area (Å²) in [6.07, 6.45) is -4.81. The van der Waals surface area contributed by atoms with Crippen molar-refractivity contribution in [2.24, 2.45) is 0 Å². The van der Waals surface area contributed by atoms with E-state index in [1.807, 2.05) is 0 Å². The number of alkyl halides is 3. The number of rotatable bonds is 9. The molecule has 36 heavy (non-hydrogen) atoms. The number of halogens is 3. The first-order chi connectivity index (χ1) is 17.1. The van der Waals surface area contributed by atoms with Crippen LogP contribution in [0.2, 0.25) is 0 Å². The van der Waals surface area contributed by atoms with Gasteiger partial charge in [-0.1, -0.05) is 18.2 Å². The number of benzene rings is 2. The molecule has 3 aromatic rings. The third-order valence-corrected chi connectivity index (χ3v) is 5.78. The molecule has 1 atom stereocenters. The Kier molecular flexibility index (Phi) is 7.04. The van der Waals surface area contributed by atoms with Gasteiger partial charge in [-0.05, 0) is 54.8 Å². The van der Waals surface area contributed by atoms with Gasteiger partial charge in [-0.3, -0.25) is 14.9 Å². The Morgan fingerprint density at radius 3 is 2.42 bits per heavy atom. The molecule has 1 aliphatic carbocycles. The van der Waals surface area contributed by atoms with Crippen molar-refractivity contribution in [3.8, 4) is 17.2 Å². The molecule has 1 aliphatic rings. The molecule has 0 saturated heterocycles.